The van der Waals surface area contributed by atoms with Crippen LogP contribution in [0, 0.1) is 0 Å². The molecule has 1 aromatic rings. The maximum Gasteiger partial charge on any atom is 0.323 e. The Bertz CT molecular complexity index is 499. The van der Waals surface area contributed by atoms with Gasteiger partial charge in [-0.3, -0.25) is 9.69 Å². The summed E-state index contributed by atoms with van der Waals surface area (Å²) in [4.78, 5) is 13.6. The minimum Gasteiger partial charge on any atom is -0.480 e. The summed E-state index contributed by atoms with van der Waals surface area (Å²) in [6.45, 7) is 6.33. The highest BCUT2D eigenvalue weighted by Gasteiger charge is 2.40. The maximum atomic E-state index is 11.5. The Kier molecular flexibility index (Phi) is 4.02. The van der Waals surface area contributed by atoms with Crippen LogP contribution >= 0.6 is 15.9 Å². The van der Waals surface area contributed by atoms with Crippen LogP contribution in [-0.2, 0) is 11.2 Å². The predicted molar refractivity (Wildman–Crippen MR) is 79.3 cm³/mol. The molecule has 1 aliphatic carbocycles. The van der Waals surface area contributed by atoms with Crippen molar-refractivity contribution >= 4 is 21.9 Å². The summed E-state index contributed by atoms with van der Waals surface area (Å²) in [5.74, 6) is -0.766. The second-order valence-electron chi connectivity index (χ2n) is 5.51. The summed E-state index contributed by atoms with van der Waals surface area (Å²) in [6.07, 6.45) is 2.00. The number of benzene rings is 1. The van der Waals surface area contributed by atoms with Gasteiger partial charge in [0.05, 0.1) is 0 Å². The highest BCUT2D eigenvalue weighted by Crippen LogP contribution is 2.41. The Balaban J connectivity index is 2.39. The number of carbonyl (C=O) groups is 1. The zero-order valence-corrected chi connectivity index (χ0v) is 13.2. The SMILES string of the molecule is CCN(C1CCc2c(Br)cccc21)C(C)(C)C(=O)O. The number of aliphatic carboxylic acids is 1. The smallest absolute Gasteiger partial charge is 0.323 e. The fraction of sp³-hybridized carbons (Fsp3) is 0.533. The van der Waals surface area contributed by atoms with E-state index in [1.165, 1.54) is 11.1 Å². The molecule has 1 aromatic carbocycles. The third-order valence-electron chi connectivity index (χ3n) is 4.14. The van der Waals surface area contributed by atoms with Crippen LogP contribution < -0.4 is 0 Å². The second kappa shape index (κ2) is 5.25. The number of fused-ring (bicyclic) bond motifs is 1. The Morgan fingerprint density at radius 1 is 1.53 bits per heavy atom. The van der Waals surface area contributed by atoms with E-state index >= 15 is 0 Å². The van der Waals surface area contributed by atoms with Gasteiger partial charge >= 0.3 is 5.97 Å². The monoisotopic (exact) mass is 325 g/mol. The summed E-state index contributed by atoms with van der Waals surface area (Å²) in [6, 6.07) is 6.41. The number of nitrogens with zero attached hydrogens (tertiary/aromatic N) is 1. The Morgan fingerprint density at radius 2 is 2.21 bits per heavy atom. The van der Waals surface area contributed by atoms with Gasteiger partial charge in [0.25, 0.3) is 0 Å². The predicted octanol–water partition coefficient (Wildman–Crippen LogP) is 3.62. The molecule has 0 heterocycles. The largest absolute Gasteiger partial charge is 0.480 e. The van der Waals surface area contributed by atoms with E-state index in [2.05, 4.69) is 33.0 Å². The molecule has 0 amide bonds. The van der Waals surface area contributed by atoms with Gasteiger partial charge in [-0.05, 0) is 50.4 Å². The first-order valence-electron chi connectivity index (χ1n) is 6.67. The molecule has 0 aliphatic heterocycles. The molecule has 0 radical (unpaired) electrons. The molecule has 1 atom stereocenters. The lowest BCUT2D eigenvalue weighted by atomic mass is 9.97. The first-order valence-corrected chi connectivity index (χ1v) is 7.46. The van der Waals surface area contributed by atoms with E-state index in [1.54, 1.807) is 13.8 Å². The van der Waals surface area contributed by atoms with Gasteiger partial charge in [0, 0.05) is 10.5 Å². The number of rotatable bonds is 4. The summed E-state index contributed by atoms with van der Waals surface area (Å²) < 4.78 is 1.14. The first kappa shape index (κ1) is 14.5. The fourth-order valence-corrected chi connectivity index (χ4v) is 3.62. The summed E-state index contributed by atoms with van der Waals surface area (Å²) in [5, 5.41) is 9.45. The van der Waals surface area contributed by atoms with Crippen molar-refractivity contribution in [2.75, 3.05) is 6.54 Å². The van der Waals surface area contributed by atoms with Gasteiger partial charge in [0.15, 0.2) is 0 Å². The van der Waals surface area contributed by atoms with Crippen LogP contribution in [0.3, 0.4) is 0 Å². The van der Waals surface area contributed by atoms with Crippen LogP contribution in [0.4, 0.5) is 0 Å². The molecule has 0 fully saturated rings. The van der Waals surface area contributed by atoms with E-state index < -0.39 is 11.5 Å². The second-order valence-corrected chi connectivity index (χ2v) is 6.37. The molecule has 0 saturated carbocycles. The lowest BCUT2D eigenvalue weighted by Gasteiger charge is -2.39. The number of carboxylic acids is 1. The van der Waals surface area contributed by atoms with Crippen molar-refractivity contribution in [2.24, 2.45) is 0 Å². The fourth-order valence-electron chi connectivity index (χ4n) is 3.04. The molecule has 1 N–H and O–H groups in total. The van der Waals surface area contributed by atoms with Crippen molar-refractivity contribution < 1.29 is 9.90 Å². The van der Waals surface area contributed by atoms with Crippen molar-refractivity contribution in [1.29, 1.82) is 0 Å². The molecule has 4 heteroatoms. The van der Waals surface area contributed by atoms with Crippen molar-refractivity contribution in [3.05, 3.63) is 33.8 Å². The van der Waals surface area contributed by atoms with Gasteiger partial charge < -0.3 is 5.11 Å². The van der Waals surface area contributed by atoms with Gasteiger partial charge in [-0.1, -0.05) is 35.0 Å². The highest BCUT2D eigenvalue weighted by atomic mass is 79.9. The minimum absolute atomic E-state index is 0.198. The number of hydrogen-bond acceptors (Lipinski definition) is 2. The summed E-state index contributed by atoms with van der Waals surface area (Å²) in [7, 11) is 0. The van der Waals surface area contributed by atoms with E-state index in [9.17, 15) is 9.90 Å². The van der Waals surface area contributed by atoms with E-state index in [1.807, 2.05) is 13.0 Å². The minimum atomic E-state index is -0.844. The molecule has 1 unspecified atom stereocenters. The molecule has 1 aliphatic rings. The van der Waals surface area contributed by atoms with E-state index in [0.717, 1.165) is 23.9 Å². The third-order valence-corrected chi connectivity index (χ3v) is 4.88. The van der Waals surface area contributed by atoms with E-state index in [0.29, 0.717) is 0 Å². The zero-order valence-electron chi connectivity index (χ0n) is 11.6. The van der Waals surface area contributed by atoms with Crippen LogP contribution in [0.15, 0.2) is 22.7 Å². The van der Waals surface area contributed by atoms with Gasteiger partial charge in [-0.2, -0.15) is 0 Å². The zero-order chi connectivity index (χ0) is 14.2. The van der Waals surface area contributed by atoms with Crippen molar-refractivity contribution in [3.8, 4) is 0 Å². The summed E-state index contributed by atoms with van der Waals surface area (Å²) >= 11 is 3.59. The van der Waals surface area contributed by atoms with Gasteiger partial charge in [-0.25, -0.2) is 0 Å². The average Bonchev–Trinajstić information content (AvgIpc) is 2.75. The van der Waals surface area contributed by atoms with Crippen molar-refractivity contribution in [2.45, 2.75) is 45.2 Å². The quantitative estimate of drug-likeness (QED) is 0.919. The summed E-state index contributed by atoms with van der Waals surface area (Å²) in [5.41, 5.74) is 1.75. The van der Waals surface area contributed by atoms with Crippen LogP contribution in [0.2, 0.25) is 0 Å². The molecule has 0 spiro atoms. The number of halogens is 1. The van der Waals surface area contributed by atoms with E-state index in [4.69, 9.17) is 0 Å². The molecule has 2 rings (SSSR count). The molecule has 0 saturated heterocycles. The lowest BCUT2D eigenvalue weighted by molar-refractivity contribution is -0.151. The number of carboxylic acid groups (broad SMARTS) is 1. The molecular weight excluding hydrogens is 306 g/mol. The lowest BCUT2D eigenvalue weighted by Crippen LogP contribution is -2.51. The molecule has 19 heavy (non-hydrogen) atoms. The van der Waals surface area contributed by atoms with Crippen LogP contribution in [-0.4, -0.2) is 28.1 Å². The first-order chi connectivity index (χ1) is 8.89. The topological polar surface area (TPSA) is 40.5 Å². The number of likely N-dealkylation sites (N-methyl/N-ethyl adjacent to an activating group) is 1. The molecular formula is C15H20BrNO2. The molecule has 104 valence electrons. The standard InChI is InChI=1S/C15H20BrNO2/c1-4-17(15(2,3)14(18)19)13-9-8-10-11(13)6-5-7-12(10)16/h5-7,13H,4,8-9H2,1-3H3,(H,18,19). The molecule has 0 aromatic heterocycles. The Morgan fingerprint density at radius 3 is 2.79 bits per heavy atom. The number of hydrogen-bond donors (Lipinski definition) is 1. The molecule has 3 nitrogen and oxygen atoms in total. The highest BCUT2D eigenvalue weighted by molar-refractivity contribution is 9.10. The van der Waals surface area contributed by atoms with Gasteiger partial charge in [-0.15, -0.1) is 0 Å². The van der Waals surface area contributed by atoms with Crippen LogP contribution in [0.5, 0.6) is 0 Å². The van der Waals surface area contributed by atoms with Crippen LogP contribution in [0.1, 0.15) is 44.4 Å². The normalized spacial score (nSPS) is 18.7. The van der Waals surface area contributed by atoms with Crippen molar-refractivity contribution in [1.82, 2.24) is 4.90 Å². The van der Waals surface area contributed by atoms with E-state index in [-0.39, 0.29) is 6.04 Å². The van der Waals surface area contributed by atoms with Gasteiger partial charge in [0.2, 0.25) is 0 Å². The average molecular weight is 326 g/mol. The Labute approximate surface area is 122 Å². The maximum absolute atomic E-state index is 11.5. The van der Waals surface area contributed by atoms with Crippen molar-refractivity contribution in [3.63, 3.8) is 0 Å². The third kappa shape index (κ3) is 2.43. The molecule has 0 bridgehead atoms. The Hall–Kier alpha value is -0.870. The van der Waals surface area contributed by atoms with Crippen LogP contribution in [0.25, 0.3) is 0 Å². The van der Waals surface area contributed by atoms with Gasteiger partial charge in [0.1, 0.15) is 5.54 Å².